The lowest BCUT2D eigenvalue weighted by molar-refractivity contribution is 0.00857. The highest BCUT2D eigenvalue weighted by Gasteiger charge is 2.24. The van der Waals surface area contributed by atoms with Crippen molar-refractivity contribution in [2.24, 2.45) is 0 Å². The molecule has 2 rings (SSSR count). The van der Waals surface area contributed by atoms with Gasteiger partial charge in [-0.2, -0.15) is 0 Å². The highest BCUT2D eigenvalue weighted by molar-refractivity contribution is 5.33. The van der Waals surface area contributed by atoms with E-state index >= 15 is 0 Å². The Hall–Kier alpha value is -1.10. The molecule has 118 valence electrons. The zero-order valence-corrected chi connectivity index (χ0v) is 13.3. The predicted octanol–water partition coefficient (Wildman–Crippen LogP) is 2.45. The SMILES string of the molecule is COc1ccccc1CN(CC1CCCO1)CC(C)(C)O. The van der Waals surface area contributed by atoms with Gasteiger partial charge in [0.05, 0.1) is 18.8 Å². The second-order valence-corrected chi connectivity index (χ2v) is 6.43. The largest absolute Gasteiger partial charge is 0.496 e. The molecule has 0 saturated carbocycles. The number of ether oxygens (including phenoxy) is 2. The molecule has 1 aliphatic rings. The summed E-state index contributed by atoms with van der Waals surface area (Å²) in [6.45, 7) is 6.77. The van der Waals surface area contributed by atoms with Crippen molar-refractivity contribution >= 4 is 0 Å². The molecule has 1 aliphatic heterocycles. The molecule has 0 aromatic heterocycles. The summed E-state index contributed by atoms with van der Waals surface area (Å²) in [4.78, 5) is 2.26. The van der Waals surface area contributed by atoms with E-state index < -0.39 is 5.60 Å². The monoisotopic (exact) mass is 293 g/mol. The van der Waals surface area contributed by atoms with E-state index in [1.165, 1.54) is 0 Å². The smallest absolute Gasteiger partial charge is 0.123 e. The third-order valence-electron chi connectivity index (χ3n) is 3.68. The number of methoxy groups -OCH3 is 1. The zero-order valence-electron chi connectivity index (χ0n) is 13.3. The van der Waals surface area contributed by atoms with Gasteiger partial charge in [0.1, 0.15) is 5.75 Å². The summed E-state index contributed by atoms with van der Waals surface area (Å²) in [6, 6.07) is 8.05. The number of para-hydroxylation sites is 1. The molecule has 1 aromatic rings. The number of benzene rings is 1. The van der Waals surface area contributed by atoms with Crippen molar-refractivity contribution < 1.29 is 14.6 Å². The molecule has 1 heterocycles. The van der Waals surface area contributed by atoms with Crippen LogP contribution in [0, 0.1) is 0 Å². The van der Waals surface area contributed by atoms with E-state index in [-0.39, 0.29) is 6.10 Å². The number of aliphatic hydroxyl groups is 1. The van der Waals surface area contributed by atoms with Crippen LogP contribution in [0.2, 0.25) is 0 Å². The van der Waals surface area contributed by atoms with Gasteiger partial charge in [-0.05, 0) is 32.8 Å². The van der Waals surface area contributed by atoms with Crippen molar-refractivity contribution in [3.63, 3.8) is 0 Å². The van der Waals surface area contributed by atoms with Crippen LogP contribution < -0.4 is 4.74 Å². The molecule has 4 heteroatoms. The Kier molecular flexibility index (Phi) is 5.62. The van der Waals surface area contributed by atoms with Crippen molar-refractivity contribution in [3.8, 4) is 5.75 Å². The van der Waals surface area contributed by atoms with Gasteiger partial charge in [-0.1, -0.05) is 18.2 Å². The standard InChI is InChI=1S/C17H27NO3/c1-17(2,19)13-18(12-15-8-6-10-21-15)11-14-7-4-5-9-16(14)20-3/h4-5,7,9,15,19H,6,8,10-13H2,1-3H3. The van der Waals surface area contributed by atoms with Gasteiger partial charge in [0, 0.05) is 31.8 Å². The Morgan fingerprint density at radius 3 is 2.76 bits per heavy atom. The Morgan fingerprint density at radius 1 is 1.38 bits per heavy atom. The highest BCUT2D eigenvalue weighted by Crippen LogP contribution is 2.22. The molecular formula is C17H27NO3. The van der Waals surface area contributed by atoms with Crippen LogP contribution in [0.15, 0.2) is 24.3 Å². The molecular weight excluding hydrogens is 266 g/mol. The fourth-order valence-corrected chi connectivity index (χ4v) is 2.88. The van der Waals surface area contributed by atoms with Gasteiger partial charge >= 0.3 is 0 Å². The molecule has 1 fully saturated rings. The van der Waals surface area contributed by atoms with Crippen LogP contribution >= 0.6 is 0 Å². The molecule has 1 N–H and O–H groups in total. The normalized spacial score (nSPS) is 19.2. The van der Waals surface area contributed by atoms with Crippen molar-refractivity contribution in [1.29, 1.82) is 0 Å². The third kappa shape index (κ3) is 5.30. The molecule has 0 bridgehead atoms. The summed E-state index contributed by atoms with van der Waals surface area (Å²) >= 11 is 0. The minimum absolute atomic E-state index is 0.280. The molecule has 4 nitrogen and oxygen atoms in total. The second-order valence-electron chi connectivity index (χ2n) is 6.43. The number of hydrogen-bond acceptors (Lipinski definition) is 4. The lowest BCUT2D eigenvalue weighted by Gasteiger charge is -2.31. The van der Waals surface area contributed by atoms with Gasteiger partial charge in [0.15, 0.2) is 0 Å². The average Bonchev–Trinajstić information content (AvgIpc) is 2.90. The molecule has 0 radical (unpaired) electrons. The summed E-state index contributed by atoms with van der Waals surface area (Å²) in [5.74, 6) is 0.894. The maximum atomic E-state index is 10.2. The first kappa shape index (κ1) is 16.3. The first-order valence-electron chi connectivity index (χ1n) is 7.66. The molecule has 0 spiro atoms. The van der Waals surface area contributed by atoms with E-state index in [1.54, 1.807) is 7.11 Å². The number of nitrogens with zero attached hydrogens (tertiary/aromatic N) is 1. The van der Waals surface area contributed by atoms with Crippen LogP contribution in [0.1, 0.15) is 32.3 Å². The minimum Gasteiger partial charge on any atom is -0.496 e. The third-order valence-corrected chi connectivity index (χ3v) is 3.68. The van der Waals surface area contributed by atoms with Crippen LogP contribution in [-0.2, 0) is 11.3 Å². The summed E-state index contributed by atoms with van der Waals surface area (Å²) in [5, 5.41) is 10.2. The van der Waals surface area contributed by atoms with Gasteiger partial charge in [0.2, 0.25) is 0 Å². The van der Waals surface area contributed by atoms with E-state index in [1.807, 2.05) is 32.0 Å². The van der Waals surface area contributed by atoms with E-state index in [0.29, 0.717) is 6.54 Å². The number of rotatable bonds is 7. The average molecular weight is 293 g/mol. The lowest BCUT2D eigenvalue weighted by atomic mass is 10.1. The summed E-state index contributed by atoms with van der Waals surface area (Å²) < 4.78 is 11.2. The van der Waals surface area contributed by atoms with Gasteiger partial charge in [-0.3, -0.25) is 4.90 Å². The Balaban J connectivity index is 2.06. The summed E-state index contributed by atoms with van der Waals surface area (Å²) in [6.07, 6.45) is 2.52. The summed E-state index contributed by atoms with van der Waals surface area (Å²) in [7, 11) is 1.69. The van der Waals surface area contributed by atoms with Crippen molar-refractivity contribution in [1.82, 2.24) is 4.90 Å². The fraction of sp³-hybridized carbons (Fsp3) is 0.647. The van der Waals surface area contributed by atoms with E-state index in [4.69, 9.17) is 9.47 Å². The first-order chi connectivity index (χ1) is 9.98. The van der Waals surface area contributed by atoms with Crippen LogP contribution in [0.5, 0.6) is 5.75 Å². The van der Waals surface area contributed by atoms with Crippen molar-refractivity contribution in [2.75, 3.05) is 26.8 Å². The van der Waals surface area contributed by atoms with E-state index in [0.717, 1.165) is 43.9 Å². The minimum atomic E-state index is -0.722. The zero-order chi connectivity index (χ0) is 15.3. The topological polar surface area (TPSA) is 41.9 Å². The van der Waals surface area contributed by atoms with Gasteiger partial charge in [-0.15, -0.1) is 0 Å². The van der Waals surface area contributed by atoms with Gasteiger partial charge in [0.25, 0.3) is 0 Å². The predicted molar refractivity (Wildman–Crippen MR) is 83.5 cm³/mol. The van der Waals surface area contributed by atoms with Crippen LogP contribution in [0.3, 0.4) is 0 Å². The number of hydrogen-bond donors (Lipinski definition) is 1. The Labute approximate surface area is 127 Å². The molecule has 0 amide bonds. The molecule has 1 atom stereocenters. The fourth-order valence-electron chi connectivity index (χ4n) is 2.88. The van der Waals surface area contributed by atoms with Crippen LogP contribution in [-0.4, -0.2) is 48.5 Å². The Bertz CT molecular complexity index is 436. The molecule has 1 unspecified atom stereocenters. The lowest BCUT2D eigenvalue weighted by Crippen LogP contribution is -2.41. The quantitative estimate of drug-likeness (QED) is 0.838. The van der Waals surface area contributed by atoms with Crippen molar-refractivity contribution in [2.45, 2.75) is 44.9 Å². The molecule has 21 heavy (non-hydrogen) atoms. The van der Waals surface area contributed by atoms with E-state index in [9.17, 15) is 5.11 Å². The summed E-state index contributed by atoms with van der Waals surface area (Å²) in [5.41, 5.74) is 0.419. The van der Waals surface area contributed by atoms with Gasteiger partial charge in [-0.25, -0.2) is 0 Å². The molecule has 1 aromatic carbocycles. The maximum Gasteiger partial charge on any atom is 0.123 e. The Morgan fingerprint density at radius 2 is 2.14 bits per heavy atom. The van der Waals surface area contributed by atoms with Crippen LogP contribution in [0.25, 0.3) is 0 Å². The van der Waals surface area contributed by atoms with Crippen LogP contribution in [0.4, 0.5) is 0 Å². The van der Waals surface area contributed by atoms with E-state index in [2.05, 4.69) is 11.0 Å². The first-order valence-corrected chi connectivity index (χ1v) is 7.66. The van der Waals surface area contributed by atoms with Gasteiger partial charge < -0.3 is 14.6 Å². The maximum absolute atomic E-state index is 10.2. The highest BCUT2D eigenvalue weighted by atomic mass is 16.5. The second kappa shape index (κ2) is 7.25. The molecule has 0 aliphatic carbocycles. The molecule has 1 saturated heterocycles. The van der Waals surface area contributed by atoms with Crippen molar-refractivity contribution in [3.05, 3.63) is 29.8 Å².